The summed E-state index contributed by atoms with van der Waals surface area (Å²) in [6.45, 7) is 2.13. The zero-order chi connectivity index (χ0) is 10.7. The summed E-state index contributed by atoms with van der Waals surface area (Å²) in [7, 11) is 1.69. The second-order valence-electron chi connectivity index (χ2n) is 3.15. The SMILES string of the molecule is COc1cccc(Sc2ccc(C)s2)c1. The molecule has 1 heterocycles. The largest absolute Gasteiger partial charge is 0.497 e. The molecule has 0 aliphatic carbocycles. The minimum absolute atomic E-state index is 0.910. The highest BCUT2D eigenvalue weighted by atomic mass is 32.2. The molecule has 0 amide bonds. The van der Waals surface area contributed by atoms with E-state index in [1.165, 1.54) is 14.0 Å². The van der Waals surface area contributed by atoms with Crippen molar-refractivity contribution in [3.8, 4) is 5.75 Å². The van der Waals surface area contributed by atoms with Gasteiger partial charge in [-0.05, 0) is 37.3 Å². The number of hydrogen-bond donors (Lipinski definition) is 0. The van der Waals surface area contributed by atoms with Gasteiger partial charge in [-0.1, -0.05) is 17.8 Å². The lowest BCUT2D eigenvalue weighted by Crippen LogP contribution is -1.81. The van der Waals surface area contributed by atoms with Crippen molar-refractivity contribution in [3.05, 3.63) is 41.3 Å². The molecule has 15 heavy (non-hydrogen) atoms. The Labute approximate surface area is 98.1 Å². The van der Waals surface area contributed by atoms with Crippen LogP contribution in [0.3, 0.4) is 0 Å². The van der Waals surface area contributed by atoms with Gasteiger partial charge in [-0.25, -0.2) is 0 Å². The normalized spacial score (nSPS) is 10.3. The Morgan fingerprint density at radius 3 is 2.73 bits per heavy atom. The van der Waals surface area contributed by atoms with Crippen LogP contribution in [0, 0.1) is 6.92 Å². The van der Waals surface area contributed by atoms with Crippen molar-refractivity contribution in [2.45, 2.75) is 16.0 Å². The van der Waals surface area contributed by atoms with Gasteiger partial charge in [0.15, 0.2) is 0 Å². The van der Waals surface area contributed by atoms with Gasteiger partial charge < -0.3 is 4.74 Å². The highest BCUT2D eigenvalue weighted by molar-refractivity contribution is 8.01. The molecule has 0 N–H and O–H groups in total. The van der Waals surface area contributed by atoms with Gasteiger partial charge in [0.1, 0.15) is 5.75 Å². The summed E-state index contributed by atoms with van der Waals surface area (Å²) < 4.78 is 6.51. The predicted molar refractivity (Wildman–Crippen MR) is 66.2 cm³/mol. The monoisotopic (exact) mass is 236 g/mol. The fourth-order valence-electron chi connectivity index (χ4n) is 1.25. The molecule has 1 nitrogen and oxygen atoms in total. The standard InChI is InChI=1S/C12H12OS2/c1-9-6-7-12(14-9)15-11-5-3-4-10(8-11)13-2/h3-8H,1-2H3. The second kappa shape index (κ2) is 4.73. The van der Waals surface area contributed by atoms with Gasteiger partial charge in [0, 0.05) is 9.77 Å². The molecule has 2 aromatic rings. The smallest absolute Gasteiger partial charge is 0.119 e. The van der Waals surface area contributed by atoms with Crippen molar-refractivity contribution in [3.63, 3.8) is 0 Å². The molecule has 0 saturated heterocycles. The van der Waals surface area contributed by atoms with E-state index in [4.69, 9.17) is 4.74 Å². The lowest BCUT2D eigenvalue weighted by Gasteiger charge is -2.02. The van der Waals surface area contributed by atoms with Crippen molar-refractivity contribution in [1.82, 2.24) is 0 Å². The first-order valence-corrected chi connectivity index (χ1v) is 6.29. The Morgan fingerprint density at radius 2 is 2.07 bits per heavy atom. The van der Waals surface area contributed by atoms with Crippen LogP contribution in [-0.2, 0) is 0 Å². The quantitative estimate of drug-likeness (QED) is 0.789. The first-order chi connectivity index (χ1) is 7.28. The molecule has 1 aromatic heterocycles. The van der Waals surface area contributed by atoms with Crippen molar-refractivity contribution < 1.29 is 4.74 Å². The van der Waals surface area contributed by atoms with E-state index >= 15 is 0 Å². The van der Waals surface area contributed by atoms with Gasteiger partial charge in [0.25, 0.3) is 0 Å². The van der Waals surface area contributed by atoms with Crippen LogP contribution in [0.25, 0.3) is 0 Å². The summed E-state index contributed by atoms with van der Waals surface area (Å²) in [6, 6.07) is 12.4. The van der Waals surface area contributed by atoms with Crippen molar-refractivity contribution >= 4 is 23.1 Å². The van der Waals surface area contributed by atoms with Crippen LogP contribution in [0.1, 0.15) is 4.88 Å². The molecule has 0 radical (unpaired) electrons. The Morgan fingerprint density at radius 1 is 1.20 bits per heavy atom. The summed E-state index contributed by atoms with van der Waals surface area (Å²) in [4.78, 5) is 2.57. The number of hydrogen-bond acceptors (Lipinski definition) is 3. The maximum atomic E-state index is 5.19. The predicted octanol–water partition coefficient (Wildman–Crippen LogP) is 4.22. The van der Waals surface area contributed by atoms with E-state index in [0.717, 1.165) is 5.75 Å². The van der Waals surface area contributed by atoms with E-state index in [1.54, 1.807) is 18.9 Å². The van der Waals surface area contributed by atoms with Gasteiger partial charge in [-0.2, -0.15) is 0 Å². The lowest BCUT2D eigenvalue weighted by atomic mass is 10.3. The van der Waals surface area contributed by atoms with E-state index in [-0.39, 0.29) is 0 Å². The molecule has 0 bridgehead atoms. The Bertz CT molecular complexity index is 448. The topological polar surface area (TPSA) is 9.23 Å². The zero-order valence-corrected chi connectivity index (χ0v) is 10.3. The van der Waals surface area contributed by atoms with Crippen molar-refractivity contribution in [2.24, 2.45) is 0 Å². The third-order valence-corrected chi connectivity index (χ3v) is 4.10. The first kappa shape index (κ1) is 10.6. The van der Waals surface area contributed by atoms with Crippen LogP contribution in [0.4, 0.5) is 0 Å². The summed E-state index contributed by atoms with van der Waals surface area (Å²) in [6.07, 6.45) is 0. The Hall–Kier alpha value is -0.930. The molecule has 0 saturated carbocycles. The maximum Gasteiger partial charge on any atom is 0.119 e. The number of rotatable bonds is 3. The minimum atomic E-state index is 0.910. The summed E-state index contributed by atoms with van der Waals surface area (Å²) in [5, 5.41) is 0. The van der Waals surface area contributed by atoms with Crippen LogP contribution in [0.15, 0.2) is 45.5 Å². The molecule has 0 unspecified atom stereocenters. The second-order valence-corrected chi connectivity index (χ2v) is 5.81. The van der Waals surface area contributed by atoms with E-state index in [1.807, 2.05) is 23.5 Å². The molecule has 1 aromatic carbocycles. The molecular formula is C12H12OS2. The van der Waals surface area contributed by atoms with Gasteiger partial charge in [0.2, 0.25) is 0 Å². The average molecular weight is 236 g/mol. The molecule has 3 heteroatoms. The van der Waals surface area contributed by atoms with E-state index in [2.05, 4.69) is 31.2 Å². The van der Waals surface area contributed by atoms with Crippen LogP contribution < -0.4 is 4.74 Å². The van der Waals surface area contributed by atoms with Gasteiger partial charge in [-0.3, -0.25) is 0 Å². The molecule has 0 aliphatic rings. The number of aryl methyl sites for hydroxylation is 1. The molecule has 78 valence electrons. The fraction of sp³-hybridized carbons (Fsp3) is 0.167. The maximum absolute atomic E-state index is 5.19. The van der Waals surface area contributed by atoms with Gasteiger partial charge in [0.05, 0.1) is 11.3 Å². The van der Waals surface area contributed by atoms with Crippen LogP contribution in [0.2, 0.25) is 0 Å². The Kier molecular flexibility index (Phi) is 3.34. The number of benzene rings is 1. The summed E-state index contributed by atoms with van der Waals surface area (Å²) in [5.41, 5.74) is 0. The molecule has 0 spiro atoms. The number of methoxy groups -OCH3 is 1. The van der Waals surface area contributed by atoms with Crippen LogP contribution >= 0.6 is 23.1 Å². The van der Waals surface area contributed by atoms with E-state index < -0.39 is 0 Å². The highest BCUT2D eigenvalue weighted by Gasteiger charge is 2.01. The van der Waals surface area contributed by atoms with Crippen molar-refractivity contribution in [1.29, 1.82) is 0 Å². The van der Waals surface area contributed by atoms with E-state index in [0.29, 0.717) is 0 Å². The van der Waals surface area contributed by atoms with Crippen LogP contribution in [-0.4, -0.2) is 7.11 Å². The summed E-state index contributed by atoms with van der Waals surface area (Å²) in [5.74, 6) is 0.910. The van der Waals surface area contributed by atoms with Gasteiger partial charge >= 0.3 is 0 Å². The molecule has 0 fully saturated rings. The fourth-order valence-corrected chi connectivity index (χ4v) is 3.38. The van der Waals surface area contributed by atoms with Gasteiger partial charge in [-0.15, -0.1) is 11.3 Å². The number of ether oxygens (including phenoxy) is 1. The van der Waals surface area contributed by atoms with Crippen LogP contribution in [0.5, 0.6) is 5.75 Å². The molecular weight excluding hydrogens is 224 g/mol. The zero-order valence-electron chi connectivity index (χ0n) is 8.69. The Balaban J connectivity index is 2.16. The lowest BCUT2D eigenvalue weighted by molar-refractivity contribution is 0.413. The molecule has 0 aliphatic heterocycles. The van der Waals surface area contributed by atoms with Crippen molar-refractivity contribution in [2.75, 3.05) is 7.11 Å². The molecule has 0 atom stereocenters. The van der Waals surface area contributed by atoms with E-state index in [9.17, 15) is 0 Å². The third-order valence-electron chi connectivity index (χ3n) is 1.98. The minimum Gasteiger partial charge on any atom is -0.497 e. The summed E-state index contributed by atoms with van der Waals surface area (Å²) >= 11 is 3.59. The third kappa shape index (κ3) is 2.76. The average Bonchev–Trinajstić information content (AvgIpc) is 2.64. The highest BCUT2D eigenvalue weighted by Crippen LogP contribution is 2.34. The molecule has 2 rings (SSSR count). The number of thiophene rings is 1. The first-order valence-electron chi connectivity index (χ1n) is 4.66.